The van der Waals surface area contributed by atoms with Gasteiger partial charge in [0.15, 0.2) is 0 Å². The molecule has 0 radical (unpaired) electrons. The van der Waals surface area contributed by atoms with Crippen molar-refractivity contribution in [2.75, 3.05) is 18.4 Å². The summed E-state index contributed by atoms with van der Waals surface area (Å²) in [6.45, 7) is 1.87. The van der Waals surface area contributed by atoms with Gasteiger partial charge >= 0.3 is 5.97 Å². The highest BCUT2D eigenvalue weighted by Gasteiger charge is 2.22. The van der Waals surface area contributed by atoms with Crippen LogP contribution in [0.25, 0.3) is 0 Å². The van der Waals surface area contributed by atoms with Gasteiger partial charge < -0.3 is 15.3 Å². The number of carbonyl (C=O) groups excluding carboxylic acids is 1. The highest BCUT2D eigenvalue weighted by atomic mass is 16.4. The van der Waals surface area contributed by atoms with Crippen molar-refractivity contribution < 1.29 is 14.7 Å². The molecule has 1 saturated heterocycles. The Labute approximate surface area is 182 Å². The Balaban J connectivity index is 1.40. The first-order valence-corrected chi connectivity index (χ1v) is 11.1. The Morgan fingerprint density at radius 1 is 1.00 bits per heavy atom. The monoisotopic (exact) mass is 419 g/mol. The minimum Gasteiger partial charge on any atom is -0.481 e. The first kappa shape index (κ1) is 21.1. The predicted octanol–water partition coefficient (Wildman–Crippen LogP) is 4.33. The summed E-state index contributed by atoms with van der Waals surface area (Å²) in [5.74, 6) is -0.268. The maximum absolute atomic E-state index is 12.8. The molecule has 1 amide bonds. The normalized spacial score (nSPS) is 18.2. The minimum absolute atomic E-state index is 0.131. The van der Waals surface area contributed by atoms with E-state index in [2.05, 4.69) is 10.2 Å². The molecule has 1 fully saturated rings. The first-order chi connectivity index (χ1) is 15.0. The number of benzene rings is 2. The Morgan fingerprint density at radius 3 is 2.42 bits per heavy atom. The van der Waals surface area contributed by atoms with Gasteiger partial charge in [0, 0.05) is 36.3 Å². The molecule has 1 unspecified atom stereocenters. The van der Waals surface area contributed by atoms with Gasteiger partial charge in [-0.25, -0.2) is 0 Å². The van der Waals surface area contributed by atoms with Crippen LogP contribution < -0.4 is 5.32 Å². The Morgan fingerprint density at radius 2 is 1.71 bits per heavy atom. The van der Waals surface area contributed by atoms with Gasteiger partial charge in [-0.05, 0) is 92.0 Å². The topological polar surface area (TPSA) is 93.5 Å². The van der Waals surface area contributed by atoms with Crippen LogP contribution in [0.5, 0.6) is 0 Å². The molecule has 0 saturated carbocycles. The molecule has 162 valence electrons. The van der Waals surface area contributed by atoms with Gasteiger partial charge in [0.25, 0.3) is 5.91 Å². The molecule has 0 aromatic heterocycles. The Bertz CT molecular complexity index is 978. The van der Waals surface area contributed by atoms with Gasteiger partial charge in [0.2, 0.25) is 0 Å². The number of carbonyl (C=O) groups is 2. The fourth-order valence-electron chi connectivity index (χ4n) is 4.61. The van der Waals surface area contributed by atoms with Crippen LogP contribution in [-0.4, -0.2) is 40.8 Å². The Kier molecular flexibility index (Phi) is 6.35. The zero-order valence-electron chi connectivity index (χ0n) is 17.7. The van der Waals surface area contributed by atoms with Crippen LogP contribution in [-0.2, 0) is 17.6 Å². The quantitative estimate of drug-likeness (QED) is 0.497. The van der Waals surface area contributed by atoms with Crippen LogP contribution in [0.4, 0.5) is 5.69 Å². The van der Waals surface area contributed by atoms with Gasteiger partial charge in [-0.15, -0.1) is 0 Å². The first-order valence-electron chi connectivity index (χ1n) is 11.1. The lowest BCUT2D eigenvalue weighted by atomic mass is 9.81. The second-order valence-electron chi connectivity index (χ2n) is 8.62. The number of rotatable bonds is 5. The van der Waals surface area contributed by atoms with Crippen LogP contribution in [0.2, 0.25) is 0 Å². The molecule has 2 aromatic carbocycles. The van der Waals surface area contributed by atoms with E-state index in [1.165, 1.54) is 12.0 Å². The van der Waals surface area contributed by atoms with E-state index in [0.717, 1.165) is 49.9 Å². The third-order valence-electron chi connectivity index (χ3n) is 6.35. The lowest BCUT2D eigenvalue weighted by Gasteiger charge is -2.29. The smallest absolute Gasteiger partial charge is 0.303 e. The molecule has 1 heterocycles. The molecular weight excluding hydrogens is 390 g/mol. The summed E-state index contributed by atoms with van der Waals surface area (Å²) in [5, 5.41) is 20.4. The maximum Gasteiger partial charge on any atom is 0.303 e. The number of carboxylic acids is 1. The third-order valence-corrected chi connectivity index (χ3v) is 6.35. The number of carboxylic acid groups (broad SMARTS) is 1. The second kappa shape index (κ2) is 9.33. The van der Waals surface area contributed by atoms with E-state index < -0.39 is 5.97 Å². The van der Waals surface area contributed by atoms with Crippen LogP contribution in [0.1, 0.15) is 59.2 Å². The predicted molar refractivity (Wildman–Crippen MR) is 121 cm³/mol. The van der Waals surface area contributed by atoms with Crippen molar-refractivity contribution in [1.29, 1.82) is 5.41 Å². The van der Waals surface area contributed by atoms with E-state index in [1.54, 1.807) is 0 Å². The van der Waals surface area contributed by atoms with Gasteiger partial charge in [-0.1, -0.05) is 6.07 Å². The van der Waals surface area contributed by atoms with Crippen LogP contribution in [0.3, 0.4) is 0 Å². The van der Waals surface area contributed by atoms with Crippen molar-refractivity contribution in [1.82, 2.24) is 4.90 Å². The standard InChI is InChI=1S/C25H29N3O3/c26-24(28-12-2-1-3-13-28)19-8-10-22(11-9-19)27-25(31)20-7-6-18-5-4-17(15-23(29)30)14-21(18)16-20/h6-11,16-17,26H,1-5,12-15H2,(H,27,31)(H,29,30). The van der Waals surface area contributed by atoms with Crippen LogP contribution in [0.15, 0.2) is 42.5 Å². The molecular formula is C25H29N3O3. The molecule has 0 spiro atoms. The average molecular weight is 420 g/mol. The third kappa shape index (κ3) is 5.13. The number of aliphatic carboxylic acids is 1. The lowest BCUT2D eigenvalue weighted by Crippen LogP contribution is -2.35. The van der Waals surface area contributed by atoms with Gasteiger partial charge in [-0.3, -0.25) is 15.0 Å². The zero-order valence-corrected chi connectivity index (χ0v) is 17.7. The molecule has 6 heteroatoms. The molecule has 2 aromatic rings. The van der Waals surface area contributed by atoms with Gasteiger partial charge in [0.1, 0.15) is 5.84 Å². The SMILES string of the molecule is N=C(c1ccc(NC(=O)c2ccc3c(c2)CC(CC(=O)O)CC3)cc1)N1CCCCC1. The maximum atomic E-state index is 12.8. The fraction of sp³-hybridized carbons (Fsp3) is 0.400. The highest BCUT2D eigenvalue weighted by molar-refractivity contribution is 6.05. The number of fused-ring (bicyclic) bond motifs is 1. The summed E-state index contributed by atoms with van der Waals surface area (Å²) in [4.78, 5) is 25.9. The highest BCUT2D eigenvalue weighted by Crippen LogP contribution is 2.28. The van der Waals surface area contributed by atoms with Crippen LogP contribution >= 0.6 is 0 Å². The van der Waals surface area contributed by atoms with Crippen molar-refractivity contribution in [2.24, 2.45) is 5.92 Å². The van der Waals surface area contributed by atoms with E-state index >= 15 is 0 Å². The molecule has 6 nitrogen and oxygen atoms in total. The molecule has 2 aliphatic rings. The zero-order chi connectivity index (χ0) is 21.8. The number of nitrogens with one attached hydrogen (secondary N) is 2. The van der Waals surface area contributed by atoms with E-state index in [-0.39, 0.29) is 18.2 Å². The van der Waals surface area contributed by atoms with Crippen LogP contribution in [0, 0.1) is 11.3 Å². The summed E-state index contributed by atoms with van der Waals surface area (Å²) in [7, 11) is 0. The molecule has 1 aliphatic heterocycles. The summed E-state index contributed by atoms with van der Waals surface area (Å²) < 4.78 is 0. The fourth-order valence-corrected chi connectivity index (χ4v) is 4.61. The summed E-state index contributed by atoms with van der Waals surface area (Å²) in [5.41, 5.74) is 4.42. The summed E-state index contributed by atoms with van der Waals surface area (Å²) >= 11 is 0. The number of aryl methyl sites for hydroxylation is 1. The number of piperidine rings is 1. The largest absolute Gasteiger partial charge is 0.481 e. The molecule has 0 bridgehead atoms. The van der Waals surface area contributed by atoms with E-state index in [1.807, 2.05) is 42.5 Å². The van der Waals surface area contributed by atoms with Crippen molar-refractivity contribution in [3.05, 3.63) is 64.7 Å². The van der Waals surface area contributed by atoms with Gasteiger partial charge in [0.05, 0.1) is 0 Å². The number of likely N-dealkylation sites (tertiary alicyclic amines) is 1. The van der Waals surface area contributed by atoms with Crippen molar-refractivity contribution in [3.8, 4) is 0 Å². The van der Waals surface area contributed by atoms with E-state index in [4.69, 9.17) is 10.5 Å². The van der Waals surface area contributed by atoms with E-state index in [0.29, 0.717) is 23.5 Å². The molecule has 4 rings (SSSR count). The second-order valence-corrected chi connectivity index (χ2v) is 8.62. The van der Waals surface area contributed by atoms with Crippen molar-refractivity contribution >= 4 is 23.4 Å². The van der Waals surface area contributed by atoms with E-state index in [9.17, 15) is 9.59 Å². The number of hydrogen-bond donors (Lipinski definition) is 3. The average Bonchev–Trinajstić information content (AvgIpc) is 2.79. The van der Waals surface area contributed by atoms with Crippen molar-refractivity contribution in [3.63, 3.8) is 0 Å². The number of amides is 1. The molecule has 31 heavy (non-hydrogen) atoms. The van der Waals surface area contributed by atoms with Gasteiger partial charge in [-0.2, -0.15) is 0 Å². The number of hydrogen-bond acceptors (Lipinski definition) is 3. The molecule has 1 atom stereocenters. The number of nitrogens with zero attached hydrogens (tertiary/aromatic N) is 1. The van der Waals surface area contributed by atoms with Crippen molar-refractivity contribution in [2.45, 2.75) is 44.9 Å². The lowest BCUT2D eigenvalue weighted by molar-refractivity contribution is -0.138. The summed E-state index contributed by atoms with van der Waals surface area (Å²) in [6.07, 6.45) is 6.12. The number of anilines is 1. The number of amidine groups is 1. The minimum atomic E-state index is -0.765. The molecule has 3 N–H and O–H groups in total. The Hall–Kier alpha value is -3.15. The molecule has 1 aliphatic carbocycles. The summed E-state index contributed by atoms with van der Waals surface area (Å²) in [6, 6.07) is 13.2.